The minimum absolute atomic E-state index is 0.254. The molecule has 4 rings (SSSR count). The lowest BCUT2D eigenvalue weighted by Gasteiger charge is -2.28. The minimum Gasteiger partial charge on any atom is -0.138 e. The topological polar surface area (TPSA) is 0 Å². The number of hydrogen-bond donors (Lipinski definition) is 0. The van der Waals surface area contributed by atoms with Crippen LogP contribution in [0.3, 0.4) is 0 Å². The highest BCUT2D eigenvalue weighted by Crippen LogP contribution is 2.37. The Labute approximate surface area is 208 Å². The Balaban J connectivity index is 1.34. The lowest BCUT2D eigenvalue weighted by molar-refractivity contribution is 0.829. The van der Waals surface area contributed by atoms with Crippen LogP contribution in [0, 0.1) is 0 Å². The van der Waals surface area contributed by atoms with Crippen LogP contribution in [-0.2, 0) is 12.8 Å². The first-order chi connectivity index (χ1) is 14.8. The summed E-state index contributed by atoms with van der Waals surface area (Å²) in [4.78, 5) is -1.08. The Morgan fingerprint density at radius 3 is 1.32 bits per heavy atom. The number of alkyl halides is 2. The van der Waals surface area contributed by atoms with Crippen molar-refractivity contribution in [1.29, 1.82) is 0 Å². The van der Waals surface area contributed by atoms with Crippen LogP contribution < -0.4 is 0 Å². The second-order valence-corrected chi connectivity index (χ2v) is 11.5. The number of thioether (sulfide) groups is 1. The van der Waals surface area contributed by atoms with Gasteiger partial charge in [-0.1, -0.05) is 108 Å². The summed E-state index contributed by atoms with van der Waals surface area (Å²) in [5, 5.41) is 2.01. The van der Waals surface area contributed by atoms with Crippen molar-refractivity contribution in [2.75, 3.05) is 0 Å². The molecule has 0 radical (unpaired) electrons. The molecule has 0 nitrogen and oxygen atoms in total. The summed E-state index contributed by atoms with van der Waals surface area (Å²) in [5.74, 6) is 0. The van der Waals surface area contributed by atoms with E-state index < -0.39 is 9.75 Å². The van der Waals surface area contributed by atoms with Crippen molar-refractivity contribution in [1.82, 2.24) is 0 Å². The van der Waals surface area contributed by atoms with E-state index in [1.807, 2.05) is 60.3 Å². The second kappa shape index (κ2) is 9.81. The summed E-state index contributed by atoms with van der Waals surface area (Å²) in [6.07, 6.45) is 18.3. The van der Waals surface area contributed by atoms with E-state index in [-0.39, 0.29) is 10.5 Å². The van der Waals surface area contributed by atoms with Gasteiger partial charge in [-0.05, 0) is 23.3 Å². The van der Waals surface area contributed by atoms with Crippen LogP contribution in [0.25, 0.3) is 0 Å². The first-order valence-corrected chi connectivity index (χ1v) is 12.6. The normalized spacial score (nSPS) is 29.4. The van der Waals surface area contributed by atoms with Crippen LogP contribution in [0.2, 0.25) is 10.0 Å². The predicted molar refractivity (Wildman–Crippen MR) is 139 cm³/mol. The molecule has 31 heavy (non-hydrogen) atoms. The van der Waals surface area contributed by atoms with Crippen LogP contribution in [0.15, 0.2) is 97.1 Å². The molecule has 0 atom stereocenters. The smallest absolute Gasteiger partial charge is 0.0847 e. The van der Waals surface area contributed by atoms with Crippen LogP contribution >= 0.6 is 58.2 Å². The van der Waals surface area contributed by atoms with Gasteiger partial charge in [-0.25, -0.2) is 0 Å². The van der Waals surface area contributed by atoms with E-state index in [1.165, 1.54) is 0 Å². The fourth-order valence-corrected chi connectivity index (χ4v) is 5.75. The van der Waals surface area contributed by atoms with Gasteiger partial charge in [0.1, 0.15) is 0 Å². The van der Waals surface area contributed by atoms with Crippen molar-refractivity contribution >= 4 is 58.2 Å². The SMILES string of the molecule is Clc1ccccc1CC1(Cl)C=CC(SC2C=CC(Cl)(Cc3ccccc3Cl)C=C2)C=C1. The van der Waals surface area contributed by atoms with Gasteiger partial charge < -0.3 is 0 Å². The standard InChI is InChI=1S/C26H22Cl4S/c27-23-7-3-1-5-19(23)17-25(29)13-9-21(10-14-25)31-22-11-15-26(30,16-12-22)18-20-6-2-4-8-24(20)28/h1-16,21-22H,17-18H2. The Morgan fingerprint density at radius 1 is 0.613 bits per heavy atom. The number of hydrogen-bond acceptors (Lipinski definition) is 1. The predicted octanol–water partition coefficient (Wildman–Crippen LogP) is 8.46. The molecule has 2 aromatic carbocycles. The van der Waals surface area contributed by atoms with Crippen molar-refractivity contribution in [2.45, 2.75) is 33.1 Å². The van der Waals surface area contributed by atoms with E-state index in [2.05, 4.69) is 48.6 Å². The highest BCUT2D eigenvalue weighted by atomic mass is 35.5. The third-order valence-electron chi connectivity index (χ3n) is 5.40. The number of halogens is 4. The molecule has 2 aliphatic carbocycles. The number of benzene rings is 2. The number of rotatable bonds is 6. The maximum Gasteiger partial charge on any atom is 0.0847 e. The van der Waals surface area contributed by atoms with E-state index in [4.69, 9.17) is 46.4 Å². The fourth-order valence-electron chi connectivity index (χ4n) is 3.72. The van der Waals surface area contributed by atoms with Gasteiger partial charge in [-0.3, -0.25) is 0 Å². The van der Waals surface area contributed by atoms with Gasteiger partial charge in [0.2, 0.25) is 0 Å². The van der Waals surface area contributed by atoms with Crippen LogP contribution in [0.5, 0.6) is 0 Å². The lowest BCUT2D eigenvalue weighted by atomic mass is 9.94. The van der Waals surface area contributed by atoms with E-state index in [1.54, 1.807) is 0 Å². The molecule has 0 saturated carbocycles. The highest BCUT2D eigenvalue weighted by Gasteiger charge is 2.28. The van der Waals surface area contributed by atoms with E-state index in [9.17, 15) is 0 Å². The maximum absolute atomic E-state index is 6.82. The van der Waals surface area contributed by atoms with E-state index >= 15 is 0 Å². The third-order valence-corrected chi connectivity index (χ3v) is 8.17. The van der Waals surface area contributed by atoms with Crippen LogP contribution in [-0.4, -0.2) is 20.2 Å². The Hall–Kier alpha value is -1.09. The zero-order valence-electron chi connectivity index (χ0n) is 16.7. The van der Waals surface area contributed by atoms with Crippen molar-refractivity contribution in [2.24, 2.45) is 0 Å². The quantitative estimate of drug-likeness (QED) is 0.279. The van der Waals surface area contributed by atoms with Crippen LogP contribution in [0.4, 0.5) is 0 Å². The minimum atomic E-state index is -0.541. The van der Waals surface area contributed by atoms with Crippen molar-refractivity contribution in [3.8, 4) is 0 Å². The Bertz CT molecular complexity index is 941. The summed E-state index contributed by atoms with van der Waals surface area (Å²) in [6.45, 7) is 0. The maximum atomic E-state index is 6.82. The molecule has 0 amide bonds. The zero-order chi connectivity index (χ0) is 21.9. The molecule has 0 aromatic heterocycles. The molecule has 5 heteroatoms. The largest absolute Gasteiger partial charge is 0.138 e. The average molecular weight is 508 g/mol. The van der Waals surface area contributed by atoms with Gasteiger partial charge in [-0.15, -0.1) is 35.0 Å². The number of allylic oxidation sites excluding steroid dienone is 4. The van der Waals surface area contributed by atoms with Gasteiger partial charge >= 0.3 is 0 Å². The molecule has 0 unspecified atom stereocenters. The van der Waals surface area contributed by atoms with E-state index in [0.717, 1.165) is 21.2 Å². The van der Waals surface area contributed by atoms with Crippen molar-refractivity contribution < 1.29 is 0 Å². The lowest BCUT2D eigenvalue weighted by Crippen LogP contribution is -2.25. The molecule has 0 saturated heterocycles. The molecule has 0 heterocycles. The monoisotopic (exact) mass is 506 g/mol. The zero-order valence-corrected chi connectivity index (χ0v) is 20.6. The summed E-state index contributed by atoms with van der Waals surface area (Å²) in [5.41, 5.74) is 2.10. The summed E-state index contributed by atoms with van der Waals surface area (Å²) in [7, 11) is 0. The summed E-state index contributed by atoms with van der Waals surface area (Å²) >= 11 is 28.1. The molecule has 0 N–H and O–H groups in total. The van der Waals surface area contributed by atoms with Gasteiger partial charge in [0, 0.05) is 33.4 Å². The molecule has 2 aliphatic rings. The molecule has 0 bridgehead atoms. The third kappa shape index (κ3) is 6.03. The van der Waals surface area contributed by atoms with E-state index in [0.29, 0.717) is 12.8 Å². The first kappa shape index (κ1) is 23.1. The van der Waals surface area contributed by atoms with Gasteiger partial charge in [0.15, 0.2) is 0 Å². The summed E-state index contributed by atoms with van der Waals surface area (Å²) in [6, 6.07) is 15.7. The second-order valence-electron chi connectivity index (χ2n) is 7.89. The summed E-state index contributed by atoms with van der Waals surface area (Å²) < 4.78 is 0. The van der Waals surface area contributed by atoms with Gasteiger partial charge in [0.25, 0.3) is 0 Å². The molecule has 0 aliphatic heterocycles. The van der Waals surface area contributed by atoms with Crippen LogP contribution in [0.1, 0.15) is 11.1 Å². The van der Waals surface area contributed by atoms with Crippen molar-refractivity contribution in [3.05, 3.63) is 118 Å². The highest BCUT2D eigenvalue weighted by molar-refractivity contribution is 8.01. The van der Waals surface area contributed by atoms with Crippen molar-refractivity contribution in [3.63, 3.8) is 0 Å². The molecular weight excluding hydrogens is 486 g/mol. The first-order valence-electron chi connectivity index (χ1n) is 10.1. The van der Waals surface area contributed by atoms with Gasteiger partial charge in [0.05, 0.1) is 9.75 Å². The Kier molecular flexibility index (Phi) is 7.30. The average Bonchev–Trinajstić information content (AvgIpc) is 2.75. The molecule has 0 spiro atoms. The molecule has 160 valence electrons. The fraction of sp³-hybridized carbons (Fsp3) is 0.231. The Morgan fingerprint density at radius 2 is 0.968 bits per heavy atom. The molecule has 0 fully saturated rings. The molecular formula is C26H22Cl4S. The van der Waals surface area contributed by atoms with Gasteiger partial charge in [-0.2, -0.15) is 0 Å². The molecule has 2 aromatic rings.